The lowest BCUT2D eigenvalue weighted by molar-refractivity contribution is 0.0885. The highest BCUT2D eigenvalue weighted by molar-refractivity contribution is 5.98. The summed E-state index contributed by atoms with van der Waals surface area (Å²) in [6.07, 6.45) is 4.75. The summed E-state index contributed by atoms with van der Waals surface area (Å²) in [4.78, 5) is 12.0. The highest BCUT2D eigenvalue weighted by atomic mass is 19.1. The van der Waals surface area contributed by atoms with Gasteiger partial charge in [0.1, 0.15) is 11.6 Å². The molecule has 1 aliphatic rings. The van der Waals surface area contributed by atoms with E-state index in [-0.39, 0.29) is 17.3 Å². The number of ketones is 1. The number of hydrogen-bond acceptors (Lipinski definition) is 1. The van der Waals surface area contributed by atoms with Gasteiger partial charge in [-0.25, -0.2) is 8.78 Å². The number of Topliss-reactive ketones (excluding diaryl/α,β-unsaturated/α-hetero) is 1. The maximum absolute atomic E-state index is 13.4. The molecule has 86 valence electrons. The molecular formula is C13H14F2O. The largest absolute Gasteiger partial charge is 0.294 e. The van der Waals surface area contributed by atoms with Gasteiger partial charge in [-0.05, 0) is 31.0 Å². The van der Waals surface area contributed by atoms with Crippen LogP contribution in [0.3, 0.4) is 0 Å². The minimum Gasteiger partial charge on any atom is -0.294 e. The Morgan fingerprint density at radius 1 is 1.12 bits per heavy atom. The third-order valence-corrected chi connectivity index (χ3v) is 3.17. The number of halogens is 2. The summed E-state index contributed by atoms with van der Waals surface area (Å²) in [5.74, 6) is -1.53. The summed E-state index contributed by atoms with van der Waals surface area (Å²) < 4.78 is 26.3. The fourth-order valence-corrected chi connectivity index (χ4v) is 2.27. The van der Waals surface area contributed by atoms with E-state index in [1.807, 2.05) is 0 Å². The molecule has 2 rings (SSSR count). The summed E-state index contributed by atoms with van der Waals surface area (Å²) in [5, 5.41) is 0. The molecule has 0 aromatic heterocycles. The summed E-state index contributed by atoms with van der Waals surface area (Å²) in [5.41, 5.74) is -0.0908. The Morgan fingerprint density at radius 3 is 2.50 bits per heavy atom. The van der Waals surface area contributed by atoms with Crippen molar-refractivity contribution in [3.8, 4) is 0 Å². The molecule has 0 atom stereocenters. The molecule has 0 unspecified atom stereocenters. The van der Waals surface area contributed by atoms with E-state index in [1.54, 1.807) is 0 Å². The van der Waals surface area contributed by atoms with E-state index in [4.69, 9.17) is 0 Å². The van der Waals surface area contributed by atoms with Gasteiger partial charge in [0.05, 0.1) is 5.56 Å². The number of rotatable bonds is 2. The molecule has 1 nitrogen and oxygen atoms in total. The summed E-state index contributed by atoms with van der Waals surface area (Å²) >= 11 is 0. The zero-order chi connectivity index (χ0) is 11.5. The van der Waals surface area contributed by atoms with E-state index in [0.29, 0.717) is 0 Å². The molecule has 1 aromatic carbocycles. The standard InChI is InChI=1S/C13H14F2O/c14-10-6-7-12(15)11(8-10)13(16)9-4-2-1-3-5-9/h6-9H,1-5H2. The van der Waals surface area contributed by atoms with Crippen molar-refractivity contribution in [1.29, 1.82) is 0 Å². The minimum absolute atomic E-state index is 0.0908. The maximum Gasteiger partial charge on any atom is 0.168 e. The summed E-state index contributed by atoms with van der Waals surface area (Å²) in [6.45, 7) is 0. The molecule has 0 spiro atoms. The number of benzene rings is 1. The van der Waals surface area contributed by atoms with Gasteiger partial charge in [0, 0.05) is 5.92 Å². The minimum atomic E-state index is -0.614. The molecule has 3 heteroatoms. The van der Waals surface area contributed by atoms with Crippen LogP contribution in [-0.4, -0.2) is 5.78 Å². The molecule has 1 fully saturated rings. The average Bonchev–Trinajstić information content (AvgIpc) is 2.32. The predicted octanol–water partition coefficient (Wildman–Crippen LogP) is 3.73. The van der Waals surface area contributed by atoms with Crippen molar-refractivity contribution in [2.45, 2.75) is 32.1 Å². The SMILES string of the molecule is O=C(c1cc(F)ccc1F)C1CCCCC1. The molecule has 1 saturated carbocycles. The van der Waals surface area contributed by atoms with Crippen molar-refractivity contribution in [3.63, 3.8) is 0 Å². The summed E-state index contributed by atoms with van der Waals surface area (Å²) in [7, 11) is 0. The van der Waals surface area contributed by atoms with Crippen LogP contribution in [0.2, 0.25) is 0 Å². The molecule has 0 heterocycles. The Labute approximate surface area is 93.5 Å². The molecule has 1 aliphatic carbocycles. The van der Waals surface area contributed by atoms with Crippen molar-refractivity contribution in [1.82, 2.24) is 0 Å². The monoisotopic (exact) mass is 224 g/mol. The van der Waals surface area contributed by atoms with Gasteiger partial charge >= 0.3 is 0 Å². The van der Waals surface area contributed by atoms with Crippen LogP contribution in [0.25, 0.3) is 0 Å². The zero-order valence-corrected chi connectivity index (χ0v) is 9.01. The first kappa shape index (κ1) is 11.2. The molecular weight excluding hydrogens is 210 g/mol. The second-order valence-corrected chi connectivity index (χ2v) is 4.32. The Hall–Kier alpha value is -1.25. The van der Waals surface area contributed by atoms with Crippen molar-refractivity contribution < 1.29 is 13.6 Å². The van der Waals surface area contributed by atoms with Crippen LogP contribution >= 0.6 is 0 Å². The van der Waals surface area contributed by atoms with Gasteiger partial charge in [-0.15, -0.1) is 0 Å². The molecule has 0 saturated heterocycles. The maximum atomic E-state index is 13.4. The average molecular weight is 224 g/mol. The van der Waals surface area contributed by atoms with Crippen LogP contribution in [0.4, 0.5) is 8.78 Å². The highest BCUT2D eigenvalue weighted by Gasteiger charge is 2.24. The van der Waals surface area contributed by atoms with E-state index in [9.17, 15) is 13.6 Å². The van der Waals surface area contributed by atoms with Crippen LogP contribution in [0.15, 0.2) is 18.2 Å². The Balaban J connectivity index is 2.22. The van der Waals surface area contributed by atoms with Gasteiger partial charge in [-0.1, -0.05) is 19.3 Å². The Morgan fingerprint density at radius 2 is 1.81 bits per heavy atom. The number of carbonyl (C=O) groups is 1. The third-order valence-electron chi connectivity index (χ3n) is 3.17. The molecule has 0 bridgehead atoms. The summed E-state index contributed by atoms with van der Waals surface area (Å²) in [6, 6.07) is 3.06. The normalized spacial score (nSPS) is 17.4. The van der Waals surface area contributed by atoms with Gasteiger partial charge in [0.25, 0.3) is 0 Å². The van der Waals surface area contributed by atoms with Gasteiger partial charge in [-0.3, -0.25) is 4.79 Å². The van der Waals surface area contributed by atoms with Gasteiger partial charge in [0.15, 0.2) is 5.78 Å². The van der Waals surface area contributed by atoms with Crippen molar-refractivity contribution in [2.24, 2.45) is 5.92 Å². The lowest BCUT2D eigenvalue weighted by Gasteiger charge is -2.20. The Bertz CT molecular complexity index is 395. The predicted molar refractivity (Wildman–Crippen MR) is 57.3 cm³/mol. The zero-order valence-electron chi connectivity index (χ0n) is 9.01. The van der Waals surface area contributed by atoms with Gasteiger partial charge in [0.2, 0.25) is 0 Å². The lowest BCUT2D eigenvalue weighted by atomic mass is 9.84. The highest BCUT2D eigenvalue weighted by Crippen LogP contribution is 2.27. The number of hydrogen-bond donors (Lipinski definition) is 0. The fourth-order valence-electron chi connectivity index (χ4n) is 2.27. The van der Waals surface area contributed by atoms with Gasteiger partial charge in [-0.2, -0.15) is 0 Å². The molecule has 16 heavy (non-hydrogen) atoms. The van der Waals surface area contributed by atoms with Crippen molar-refractivity contribution in [2.75, 3.05) is 0 Å². The first-order chi connectivity index (χ1) is 7.68. The first-order valence-electron chi connectivity index (χ1n) is 5.68. The Kier molecular flexibility index (Phi) is 3.32. The van der Waals surface area contributed by atoms with E-state index in [0.717, 1.165) is 50.3 Å². The van der Waals surface area contributed by atoms with Crippen LogP contribution in [0.5, 0.6) is 0 Å². The first-order valence-corrected chi connectivity index (χ1v) is 5.68. The molecule has 0 N–H and O–H groups in total. The quantitative estimate of drug-likeness (QED) is 0.699. The second-order valence-electron chi connectivity index (χ2n) is 4.32. The van der Waals surface area contributed by atoms with Gasteiger partial charge < -0.3 is 0 Å². The van der Waals surface area contributed by atoms with Crippen molar-refractivity contribution in [3.05, 3.63) is 35.4 Å². The molecule has 0 amide bonds. The lowest BCUT2D eigenvalue weighted by Crippen LogP contribution is -2.19. The van der Waals surface area contributed by atoms with Crippen LogP contribution in [0.1, 0.15) is 42.5 Å². The van der Waals surface area contributed by atoms with E-state index >= 15 is 0 Å². The fraction of sp³-hybridized carbons (Fsp3) is 0.462. The van der Waals surface area contributed by atoms with E-state index < -0.39 is 11.6 Å². The van der Waals surface area contributed by atoms with Crippen LogP contribution in [-0.2, 0) is 0 Å². The van der Waals surface area contributed by atoms with Crippen LogP contribution in [0, 0.1) is 17.6 Å². The molecule has 1 aromatic rings. The third kappa shape index (κ3) is 2.29. The van der Waals surface area contributed by atoms with Crippen molar-refractivity contribution >= 4 is 5.78 Å². The van der Waals surface area contributed by atoms with E-state index in [2.05, 4.69) is 0 Å². The smallest absolute Gasteiger partial charge is 0.168 e. The van der Waals surface area contributed by atoms with Crippen LogP contribution < -0.4 is 0 Å². The van der Waals surface area contributed by atoms with E-state index in [1.165, 1.54) is 0 Å². The topological polar surface area (TPSA) is 17.1 Å². The molecule has 0 aliphatic heterocycles. The second kappa shape index (κ2) is 4.73. The molecule has 0 radical (unpaired) electrons. The number of carbonyl (C=O) groups excluding carboxylic acids is 1.